The van der Waals surface area contributed by atoms with E-state index in [1.807, 2.05) is 44.2 Å². The molecule has 3 rings (SSSR count). The number of amides is 1. The minimum absolute atomic E-state index is 0.0332. The normalized spacial score (nSPS) is 10.9. The first kappa shape index (κ1) is 24.6. The number of carbonyl (C=O) groups is 1. The second kappa shape index (κ2) is 11.2. The maximum Gasteiger partial charge on any atom is 0.269 e. The minimum Gasteiger partial charge on any atom is -0.487 e. The first-order valence-electron chi connectivity index (χ1n) is 9.96. The van der Waals surface area contributed by atoms with Crippen molar-refractivity contribution in [1.82, 2.24) is 5.43 Å². The quantitative estimate of drug-likeness (QED) is 0.202. The van der Waals surface area contributed by atoms with E-state index in [-0.39, 0.29) is 24.6 Å². The lowest BCUT2D eigenvalue weighted by atomic mass is 10.0. The van der Waals surface area contributed by atoms with Crippen LogP contribution in [-0.4, -0.2) is 17.0 Å². The number of non-ortho nitro benzene ring substituents is 1. The number of hydrogen-bond acceptors (Lipinski definition) is 5. The third-order valence-corrected chi connectivity index (χ3v) is 5.98. The van der Waals surface area contributed by atoms with E-state index < -0.39 is 4.92 Å². The standard InChI is InChI=1S/C24H21Br2N3O4/c1-15-3-6-19(16(2)9-15)12-23(30)28-27-13-18-10-21(25)24(22(26)11-18)33-14-17-4-7-20(8-5-17)29(31)32/h3-11,13H,12,14H2,1-2H3,(H,28,30)/b27-13+. The molecule has 0 aliphatic carbocycles. The Morgan fingerprint density at radius 2 is 1.76 bits per heavy atom. The van der Waals surface area contributed by atoms with E-state index in [4.69, 9.17) is 4.74 Å². The van der Waals surface area contributed by atoms with E-state index in [9.17, 15) is 14.9 Å². The van der Waals surface area contributed by atoms with Gasteiger partial charge in [-0.3, -0.25) is 14.9 Å². The molecular weight excluding hydrogens is 554 g/mol. The number of nitrogens with zero attached hydrogens (tertiary/aromatic N) is 2. The number of hydrogen-bond donors (Lipinski definition) is 1. The van der Waals surface area contributed by atoms with Gasteiger partial charge in [0, 0.05) is 12.1 Å². The van der Waals surface area contributed by atoms with Gasteiger partial charge in [-0.25, -0.2) is 5.43 Å². The average Bonchev–Trinajstić information content (AvgIpc) is 2.75. The Morgan fingerprint density at radius 3 is 2.36 bits per heavy atom. The molecular formula is C24H21Br2N3O4. The molecule has 0 saturated heterocycles. The number of hydrazone groups is 1. The van der Waals surface area contributed by atoms with Crippen molar-refractivity contribution >= 4 is 49.7 Å². The van der Waals surface area contributed by atoms with Crippen molar-refractivity contribution in [1.29, 1.82) is 0 Å². The first-order chi connectivity index (χ1) is 15.7. The van der Waals surface area contributed by atoms with Crippen LogP contribution in [0.2, 0.25) is 0 Å². The first-order valence-corrected chi connectivity index (χ1v) is 11.5. The fraction of sp³-hybridized carbons (Fsp3) is 0.167. The molecule has 0 radical (unpaired) electrons. The SMILES string of the molecule is Cc1ccc(CC(=O)N/N=C/c2cc(Br)c(OCc3ccc([N+](=O)[O-])cc3)c(Br)c2)c(C)c1. The number of aryl methyl sites for hydroxylation is 2. The molecule has 7 nitrogen and oxygen atoms in total. The zero-order chi connectivity index (χ0) is 24.0. The van der Waals surface area contributed by atoms with Crippen molar-refractivity contribution in [3.05, 3.63) is 101 Å². The molecule has 3 aromatic rings. The predicted octanol–water partition coefficient (Wildman–Crippen LogP) is 6.01. The number of carbonyl (C=O) groups excluding carboxylic acids is 1. The molecule has 0 heterocycles. The van der Waals surface area contributed by atoms with E-state index in [1.54, 1.807) is 18.3 Å². The molecule has 0 unspecified atom stereocenters. The summed E-state index contributed by atoms with van der Waals surface area (Å²) in [6, 6.07) is 15.8. The molecule has 170 valence electrons. The highest BCUT2D eigenvalue weighted by Gasteiger charge is 2.10. The van der Waals surface area contributed by atoms with E-state index in [1.165, 1.54) is 12.1 Å². The summed E-state index contributed by atoms with van der Waals surface area (Å²) in [6.07, 6.45) is 1.81. The molecule has 9 heteroatoms. The molecule has 0 saturated carbocycles. The van der Waals surface area contributed by atoms with E-state index >= 15 is 0 Å². The van der Waals surface area contributed by atoms with Crippen LogP contribution in [0.4, 0.5) is 5.69 Å². The third-order valence-electron chi connectivity index (χ3n) is 4.80. The van der Waals surface area contributed by atoms with Gasteiger partial charge >= 0.3 is 0 Å². The predicted molar refractivity (Wildman–Crippen MR) is 135 cm³/mol. The van der Waals surface area contributed by atoms with Crippen molar-refractivity contribution in [2.45, 2.75) is 26.9 Å². The number of nitrogens with one attached hydrogen (secondary N) is 1. The summed E-state index contributed by atoms with van der Waals surface area (Å²) in [5.41, 5.74) is 7.34. The smallest absolute Gasteiger partial charge is 0.269 e. The number of halogens is 2. The maximum atomic E-state index is 12.2. The lowest BCUT2D eigenvalue weighted by Crippen LogP contribution is -2.20. The number of benzene rings is 3. The van der Waals surface area contributed by atoms with Crippen molar-refractivity contribution in [2.24, 2.45) is 5.10 Å². The van der Waals surface area contributed by atoms with Gasteiger partial charge in [0.05, 0.1) is 26.5 Å². The highest BCUT2D eigenvalue weighted by Crippen LogP contribution is 2.35. The number of ether oxygens (including phenoxy) is 1. The molecule has 0 atom stereocenters. The topological polar surface area (TPSA) is 93.8 Å². The molecule has 0 aliphatic heterocycles. The van der Waals surface area contributed by atoms with Crippen LogP contribution in [0.15, 0.2) is 68.6 Å². The van der Waals surface area contributed by atoms with Gasteiger partial charge in [-0.2, -0.15) is 5.10 Å². The highest BCUT2D eigenvalue weighted by molar-refractivity contribution is 9.11. The minimum atomic E-state index is -0.440. The summed E-state index contributed by atoms with van der Waals surface area (Å²) in [5.74, 6) is 0.392. The molecule has 0 fully saturated rings. The molecule has 1 N–H and O–H groups in total. The Hall–Kier alpha value is -3.04. The Balaban J connectivity index is 1.59. The maximum absolute atomic E-state index is 12.2. The summed E-state index contributed by atoms with van der Waals surface area (Å²) in [5, 5.41) is 14.8. The van der Waals surface area contributed by atoms with Crippen molar-refractivity contribution in [3.63, 3.8) is 0 Å². The summed E-state index contributed by atoms with van der Waals surface area (Å²) in [7, 11) is 0. The molecule has 0 bridgehead atoms. The largest absolute Gasteiger partial charge is 0.487 e. The van der Waals surface area contributed by atoms with Gasteiger partial charge in [0.25, 0.3) is 5.69 Å². The second-order valence-corrected chi connectivity index (χ2v) is 9.13. The fourth-order valence-electron chi connectivity index (χ4n) is 3.10. The molecule has 0 aliphatic rings. The monoisotopic (exact) mass is 573 g/mol. The summed E-state index contributed by atoms with van der Waals surface area (Å²) < 4.78 is 7.25. The van der Waals surface area contributed by atoms with Crippen LogP contribution in [0, 0.1) is 24.0 Å². The summed E-state index contributed by atoms with van der Waals surface area (Å²) in [4.78, 5) is 22.5. The Morgan fingerprint density at radius 1 is 1.09 bits per heavy atom. The number of rotatable bonds is 8. The van der Waals surface area contributed by atoms with Crippen molar-refractivity contribution in [3.8, 4) is 5.75 Å². The third kappa shape index (κ3) is 6.97. The van der Waals surface area contributed by atoms with E-state index in [0.29, 0.717) is 14.7 Å². The zero-order valence-corrected chi connectivity index (χ0v) is 21.1. The average molecular weight is 575 g/mol. The zero-order valence-electron chi connectivity index (χ0n) is 18.0. The van der Waals surface area contributed by atoms with Crippen LogP contribution in [0.25, 0.3) is 0 Å². The number of nitro groups is 1. The van der Waals surface area contributed by atoms with E-state index in [0.717, 1.165) is 27.8 Å². The van der Waals surface area contributed by atoms with Gasteiger partial charge in [-0.05, 0) is 92.2 Å². The van der Waals surface area contributed by atoms with Crippen LogP contribution in [0.5, 0.6) is 5.75 Å². The van der Waals surface area contributed by atoms with Gasteiger partial charge in [0.1, 0.15) is 12.4 Å². The van der Waals surface area contributed by atoms with Crippen LogP contribution >= 0.6 is 31.9 Å². The van der Waals surface area contributed by atoms with Crippen LogP contribution < -0.4 is 10.2 Å². The van der Waals surface area contributed by atoms with Crippen LogP contribution in [0.3, 0.4) is 0 Å². The molecule has 33 heavy (non-hydrogen) atoms. The Labute approximate surface area is 208 Å². The molecule has 3 aromatic carbocycles. The second-order valence-electron chi connectivity index (χ2n) is 7.43. The van der Waals surface area contributed by atoms with Gasteiger partial charge in [-0.1, -0.05) is 23.8 Å². The molecule has 1 amide bonds. The molecule has 0 aromatic heterocycles. The lowest BCUT2D eigenvalue weighted by molar-refractivity contribution is -0.384. The summed E-state index contributed by atoms with van der Waals surface area (Å²) >= 11 is 6.98. The van der Waals surface area contributed by atoms with Crippen molar-refractivity contribution < 1.29 is 14.5 Å². The Bertz CT molecular complexity index is 1190. The molecule has 0 spiro atoms. The van der Waals surface area contributed by atoms with Gasteiger partial charge < -0.3 is 4.74 Å². The number of nitro benzene ring substituents is 1. The fourth-order valence-corrected chi connectivity index (χ4v) is 4.55. The van der Waals surface area contributed by atoms with Gasteiger partial charge in [-0.15, -0.1) is 0 Å². The summed E-state index contributed by atoms with van der Waals surface area (Å²) in [6.45, 7) is 4.25. The van der Waals surface area contributed by atoms with Crippen molar-refractivity contribution in [2.75, 3.05) is 0 Å². The van der Waals surface area contributed by atoms with Gasteiger partial charge in [0.15, 0.2) is 0 Å². The van der Waals surface area contributed by atoms with Crippen LogP contribution in [-0.2, 0) is 17.8 Å². The highest BCUT2D eigenvalue weighted by atomic mass is 79.9. The van der Waals surface area contributed by atoms with Gasteiger partial charge in [0.2, 0.25) is 5.91 Å². The van der Waals surface area contributed by atoms with Crippen LogP contribution in [0.1, 0.15) is 27.8 Å². The van der Waals surface area contributed by atoms with E-state index in [2.05, 4.69) is 42.4 Å². The lowest BCUT2D eigenvalue weighted by Gasteiger charge is -2.11. The Kier molecular flexibility index (Phi) is 8.35.